The van der Waals surface area contributed by atoms with Crippen LogP contribution in [0.3, 0.4) is 0 Å². The van der Waals surface area contributed by atoms with Crippen LogP contribution < -0.4 is 16.4 Å². The first-order valence-corrected chi connectivity index (χ1v) is 16.2. The molecule has 2 amide bonds. The predicted octanol–water partition coefficient (Wildman–Crippen LogP) is 0.484. The standard InChI is InChI=1S/C14H19NO3.C13H17NO3.C6H10O4.C3H7NO3/c1-11(16)8-13(10-18-2)14(17)15-9-12-6-4-3-5-7-12;1-10(16)7-12(9-15)13(17)14-8-11-5-3-2-4-6-11;1-4(8)2-5(3-7)6(9)10;4-2(1-5)3(6)7/h3-7,13H,8-10H2,1-2H3,(H,15,17);2-6,12,15H,7-9H2,1H3,(H,14,17);5,7H,2-3H2,1H3,(H,9,10);2,5H,1,4H2,(H,6,7)/t13-;12-;5-;2-/m1111/s1. The minimum Gasteiger partial charge on any atom is -0.481 e. The molecule has 0 unspecified atom stereocenters. The average molecular weight is 736 g/mol. The molecule has 0 radical (unpaired) electrons. The number of carbonyl (C=O) groups is 7. The van der Waals surface area contributed by atoms with E-state index < -0.39 is 48.9 Å². The van der Waals surface area contributed by atoms with Crippen LogP contribution in [0, 0.1) is 17.8 Å². The van der Waals surface area contributed by atoms with Gasteiger partial charge in [-0.3, -0.25) is 19.2 Å². The van der Waals surface area contributed by atoms with Gasteiger partial charge in [0.25, 0.3) is 0 Å². The van der Waals surface area contributed by atoms with Crippen LogP contribution in [0.4, 0.5) is 0 Å². The maximum atomic E-state index is 11.9. The normalized spacial score (nSPS) is 12.2. The number of ether oxygens (including phenoxy) is 1. The van der Waals surface area contributed by atoms with Crippen LogP contribution in [0.1, 0.15) is 51.2 Å². The maximum Gasteiger partial charge on any atom is 0.322 e. The van der Waals surface area contributed by atoms with Crippen molar-refractivity contribution >= 4 is 41.1 Å². The second-order valence-electron chi connectivity index (χ2n) is 11.5. The van der Waals surface area contributed by atoms with Gasteiger partial charge in [0.2, 0.25) is 11.8 Å². The Hall–Kier alpha value is -4.87. The number of carboxylic acid groups (broad SMARTS) is 2. The number of carboxylic acids is 2. The molecule has 9 N–H and O–H groups in total. The summed E-state index contributed by atoms with van der Waals surface area (Å²) >= 11 is 0. The molecule has 4 atom stereocenters. The quantitative estimate of drug-likeness (QED) is 0.0975. The summed E-state index contributed by atoms with van der Waals surface area (Å²) < 4.78 is 4.96. The molecule has 0 aromatic heterocycles. The van der Waals surface area contributed by atoms with Crippen molar-refractivity contribution in [1.82, 2.24) is 10.6 Å². The minimum atomic E-state index is -1.18. The summed E-state index contributed by atoms with van der Waals surface area (Å²) in [5.41, 5.74) is 6.78. The van der Waals surface area contributed by atoms with Gasteiger partial charge in [0, 0.05) is 39.5 Å². The van der Waals surface area contributed by atoms with E-state index in [1.807, 2.05) is 60.7 Å². The topological polar surface area (TPSA) is 280 Å². The predicted molar refractivity (Wildman–Crippen MR) is 189 cm³/mol. The Kier molecular flexibility index (Phi) is 28.2. The van der Waals surface area contributed by atoms with Crippen molar-refractivity contribution in [1.29, 1.82) is 0 Å². The molecule has 0 spiro atoms. The van der Waals surface area contributed by atoms with Crippen LogP contribution in [-0.2, 0) is 51.4 Å². The minimum absolute atomic E-state index is 0.00749. The van der Waals surface area contributed by atoms with E-state index in [1.54, 1.807) is 0 Å². The zero-order chi connectivity index (χ0) is 40.1. The number of nitrogens with two attached hydrogens (primary N) is 1. The largest absolute Gasteiger partial charge is 0.481 e. The third-order valence-corrected chi connectivity index (χ3v) is 6.63. The lowest BCUT2D eigenvalue weighted by Crippen LogP contribution is -2.33. The van der Waals surface area contributed by atoms with Gasteiger partial charge in [-0.25, -0.2) is 0 Å². The van der Waals surface area contributed by atoms with Crippen molar-refractivity contribution in [2.45, 2.75) is 59.2 Å². The number of amides is 2. The van der Waals surface area contributed by atoms with E-state index in [2.05, 4.69) is 10.6 Å². The highest BCUT2D eigenvalue weighted by Gasteiger charge is 2.20. The smallest absolute Gasteiger partial charge is 0.322 e. The first-order valence-electron chi connectivity index (χ1n) is 16.2. The maximum absolute atomic E-state index is 11.9. The van der Waals surface area contributed by atoms with Crippen LogP contribution in [0.2, 0.25) is 0 Å². The number of rotatable bonds is 19. The third-order valence-electron chi connectivity index (χ3n) is 6.63. The number of Topliss-reactive ketones (excluding diaryl/α,β-unsaturated/α-hetero) is 3. The van der Waals surface area contributed by atoms with E-state index in [4.69, 9.17) is 36.0 Å². The number of carbonyl (C=O) groups excluding carboxylic acids is 5. The zero-order valence-corrected chi connectivity index (χ0v) is 30.0. The summed E-state index contributed by atoms with van der Waals surface area (Å²) in [6, 6.07) is 18.0. The summed E-state index contributed by atoms with van der Waals surface area (Å²) in [6.07, 6.45) is 0.206. The summed E-state index contributed by atoms with van der Waals surface area (Å²) in [4.78, 5) is 75.7. The lowest BCUT2D eigenvalue weighted by molar-refractivity contribution is -0.145. The fourth-order valence-corrected chi connectivity index (χ4v) is 3.88. The molecule has 0 aliphatic heterocycles. The van der Waals surface area contributed by atoms with Gasteiger partial charge in [0.05, 0.1) is 44.2 Å². The van der Waals surface area contributed by atoms with Gasteiger partial charge in [-0.2, -0.15) is 0 Å². The van der Waals surface area contributed by atoms with E-state index in [1.165, 1.54) is 27.9 Å². The Balaban J connectivity index is 0. The van der Waals surface area contributed by atoms with Crippen LogP contribution in [-0.4, -0.2) is 106 Å². The van der Waals surface area contributed by atoms with E-state index >= 15 is 0 Å². The molecular weight excluding hydrogens is 682 g/mol. The number of ketones is 3. The van der Waals surface area contributed by atoms with E-state index in [-0.39, 0.29) is 61.6 Å². The van der Waals surface area contributed by atoms with Crippen molar-refractivity contribution in [3.8, 4) is 0 Å². The van der Waals surface area contributed by atoms with Crippen molar-refractivity contribution in [2.24, 2.45) is 23.5 Å². The fourth-order valence-electron chi connectivity index (χ4n) is 3.88. The SMILES string of the molecule is CC(=O)C[C@H](CO)C(=O)NCc1ccccc1.CC(=O)C[C@H](CO)C(=O)O.COC[C@@H](CC(C)=O)C(=O)NCc1ccccc1.N[C@H](CO)C(=O)O. The Morgan fingerprint density at radius 3 is 1.23 bits per heavy atom. The molecule has 2 rings (SSSR count). The van der Waals surface area contributed by atoms with Gasteiger partial charge >= 0.3 is 11.9 Å². The average Bonchev–Trinajstić information content (AvgIpc) is 3.11. The number of benzene rings is 2. The highest BCUT2D eigenvalue weighted by molar-refractivity contribution is 5.86. The van der Waals surface area contributed by atoms with Crippen molar-refractivity contribution in [3.05, 3.63) is 71.8 Å². The molecular formula is C36H53N3O13. The Morgan fingerprint density at radius 1 is 0.596 bits per heavy atom. The molecule has 0 aliphatic rings. The Labute approximate surface area is 303 Å². The summed E-state index contributed by atoms with van der Waals surface area (Å²) in [7, 11) is 1.53. The molecule has 2 aromatic rings. The van der Waals surface area contributed by atoms with Crippen molar-refractivity contribution in [3.63, 3.8) is 0 Å². The van der Waals surface area contributed by atoms with Gasteiger partial charge in [-0.1, -0.05) is 60.7 Å². The molecule has 0 fully saturated rings. The number of aliphatic hydroxyl groups excluding tert-OH is 3. The molecule has 2 aromatic carbocycles. The molecule has 0 saturated heterocycles. The van der Waals surface area contributed by atoms with Crippen molar-refractivity contribution < 1.29 is 63.8 Å². The number of hydrogen-bond acceptors (Lipinski definition) is 12. The number of aliphatic hydroxyl groups is 3. The second kappa shape index (κ2) is 29.8. The number of hydrogen-bond donors (Lipinski definition) is 8. The van der Waals surface area contributed by atoms with Gasteiger partial charge in [-0.15, -0.1) is 0 Å². The molecule has 0 heterocycles. The van der Waals surface area contributed by atoms with E-state index in [0.29, 0.717) is 13.1 Å². The fraction of sp³-hybridized carbons (Fsp3) is 0.472. The van der Waals surface area contributed by atoms with Crippen LogP contribution >= 0.6 is 0 Å². The van der Waals surface area contributed by atoms with E-state index in [9.17, 15) is 33.6 Å². The summed E-state index contributed by atoms with van der Waals surface area (Å²) in [5, 5.41) is 47.2. The number of nitrogens with one attached hydrogen (secondary N) is 2. The first-order chi connectivity index (χ1) is 24.5. The third kappa shape index (κ3) is 26.0. The van der Waals surface area contributed by atoms with Gasteiger partial charge < -0.3 is 61.0 Å². The molecule has 16 nitrogen and oxygen atoms in total. The van der Waals surface area contributed by atoms with Gasteiger partial charge in [0.15, 0.2) is 0 Å². The Bertz CT molecular complexity index is 1360. The highest BCUT2D eigenvalue weighted by atomic mass is 16.5. The molecule has 16 heteroatoms. The zero-order valence-electron chi connectivity index (χ0n) is 30.0. The van der Waals surface area contributed by atoms with Gasteiger partial charge in [0.1, 0.15) is 23.4 Å². The lowest BCUT2D eigenvalue weighted by Gasteiger charge is -2.14. The molecule has 0 bridgehead atoms. The van der Waals surface area contributed by atoms with Crippen LogP contribution in [0.15, 0.2) is 60.7 Å². The molecule has 52 heavy (non-hydrogen) atoms. The summed E-state index contributed by atoms with van der Waals surface area (Å²) in [6.45, 7) is 4.04. The van der Waals surface area contributed by atoms with Crippen LogP contribution in [0.25, 0.3) is 0 Å². The van der Waals surface area contributed by atoms with Crippen molar-refractivity contribution in [2.75, 3.05) is 33.5 Å². The number of aliphatic carboxylic acids is 2. The van der Waals surface area contributed by atoms with Gasteiger partial charge in [-0.05, 0) is 31.9 Å². The second-order valence-corrected chi connectivity index (χ2v) is 11.5. The lowest BCUT2D eigenvalue weighted by atomic mass is 10.0. The molecule has 0 saturated carbocycles. The highest BCUT2D eigenvalue weighted by Crippen LogP contribution is 2.07. The molecule has 290 valence electrons. The van der Waals surface area contributed by atoms with E-state index in [0.717, 1.165) is 11.1 Å². The number of methoxy groups -OCH3 is 1. The van der Waals surface area contributed by atoms with Crippen LogP contribution in [0.5, 0.6) is 0 Å². The summed E-state index contributed by atoms with van der Waals surface area (Å²) in [5.74, 6) is -5.04. The first kappa shape index (κ1) is 49.2. The monoisotopic (exact) mass is 735 g/mol. The molecule has 0 aliphatic carbocycles. The Morgan fingerprint density at radius 2 is 0.962 bits per heavy atom.